The van der Waals surface area contributed by atoms with Crippen LogP contribution < -0.4 is 17.3 Å². The second-order valence-electron chi connectivity index (χ2n) is 3.50. The molecule has 0 saturated heterocycles. The van der Waals surface area contributed by atoms with E-state index in [2.05, 4.69) is 37.9 Å². The maximum Gasteiger partial charge on any atom is 0.166 e. The Morgan fingerprint density at radius 2 is 2.00 bits per heavy atom. The number of rotatable bonds is 5. The van der Waals surface area contributed by atoms with Gasteiger partial charge in [0.2, 0.25) is 0 Å². The lowest BCUT2D eigenvalue weighted by atomic mass is 10.2. The van der Waals surface area contributed by atoms with Gasteiger partial charge in [0, 0.05) is 12.0 Å². The van der Waals surface area contributed by atoms with Gasteiger partial charge in [-0.2, -0.15) is 0 Å². The fraction of sp³-hybridized carbons (Fsp3) is 0.333. The molecule has 0 aliphatic rings. The molecule has 0 aromatic heterocycles. The summed E-state index contributed by atoms with van der Waals surface area (Å²) in [6.07, 6.45) is 2.71. The molecule has 0 aliphatic carbocycles. The summed E-state index contributed by atoms with van der Waals surface area (Å²) in [6.45, 7) is 4.65. The van der Waals surface area contributed by atoms with Gasteiger partial charge in [0.05, 0.1) is 7.05 Å². The monoisotopic (exact) mass is 245 g/mol. The Morgan fingerprint density at radius 3 is 2.53 bits per heavy atom. The second kappa shape index (κ2) is 7.75. The van der Waals surface area contributed by atoms with Crippen LogP contribution in [-0.2, 0) is 6.54 Å². The van der Waals surface area contributed by atoms with Crippen molar-refractivity contribution in [2.75, 3.05) is 7.05 Å². The maximum atomic E-state index is 6.17. The topological polar surface area (TPSA) is 4.44 Å². The zero-order valence-electron chi connectivity index (χ0n) is 8.92. The maximum absolute atomic E-state index is 6.17. The standard InChI is InChI=1S/C12H16ClN.ClH/c1-3-7-12(13)14(2)10-11-8-5-4-6-9-11;/h3-6,8-9,12H,1,7,10H2,2H3;1H. The van der Waals surface area contributed by atoms with Crippen molar-refractivity contribution in [1.82, 2.24) is 0 Å². The van der Waals surface area contributed by atoms with Gasteiger partial charge in [0.15, 0.2) is 5.50 Å². The van der Waals surface area contributed by atoms with Crippen LogP contribution in [0.4, 0.5) is 0 Å². The minimum atomic E-state index is 0. The highest BCUT2D eigenvalue weighted by Gasteiger charge is 2.12. The van der Waals surface area contributed by atoms with Crippen LogP contribution in [0, 0.1) is 0 Å². The lowest BCUT2D eigenvalue weighted by Gasteiger charge is -2.18. The third-order valence-electron chi connectivity index (χ3n) is 2.23. The highest BCUT2D eigenvalue weighted by molar-refractivity contribution is 6.19. The lowest BCUT2D eigenvalue weighted by Crippen LogP contribution is -3.10. The van der Waals surface area contributed by atoms with Gasteiger partial charge in [-0.1, -0.05) is 48.0 Å². The van der Waals surface area contributed by atoms with E-state index in [-0.39, 0.29) is 17.9 Å². The molecule has 0 amide bonds. The van der Waals surface area contributed by atoms with E-state index < -0.39 is 0 Å². The van der Waals surface area contributed by atoms with Gasteiger partial charge in [0.25, 0.3) is 0 Å². The van der Waals surface area contributed by atoms with Gasteiger partial charge in [0.1, 0.15) is 6.54 Å². The molecule has 1 N–H and O–H groups in total. The van der Waals surface area contributed by atoms with Crippen molar-refractivity contribution in [3.63, 3.8) is 0 Å². The molecule has 0 heterocycles. The molecule has 2 unspecified atom stereocenters. The first-order valence-electron chi connectivity index (χ1n) is 4.85. The van der Waals surface area contributed by atoms with Gasteiger partial charge in [-0.25, -0.2) is 0 Å². The first-order chi connectivity index (χ1) is 6.74. The first-order valence-corrected chi connectivity index (χ1v) is 5.29. The van der Waals surface area contributed by atoms with Crippen molar-refractivity contribution in [2.24, 2.45) is 0 Å². The van der Waals surface area contributed by atoms with Crippen LogP contribution in [0.15, 0.2) is 43.0 Å². The number of benzene rings is 1. The van der Waals surface area contributed by atoms with E-state index >= 15 is 0 Å². The molecule has 1 aromatic carbocycles. The molecule has 1 rings (SSSR count). The number of hydrogen-bond acceptors (Lipinski definition) is 0. The average molecular weight is 246 g/mol. The smallest absolute Gasteiger partial charge is 0.166 e. The van der Waals surface area contributed by atoms with Gasteiger partial charge in [-0.3, -0.25) is 0 Å². The number of quaternary nitrogens is 1. The van der Waals surface area contributed by atoms with Gasteiger partial charge in [-0.15, -0.1) is 6.58 Å². The summed E-state index contributed by atoms with van der Waals surface area (Å²) in [4.78, 5) is 1.30. The van der Waals surface area contributed by atoms with Crippen molar-refractivity contribution in [2.45, 2.75) is 18.5 Å². The Bertz CT molecular complexity index is 274. The molecule has 1 nitrogen and oxygen atoms in total. The summed E-state index contributed by atoms with van der Waals surface area (Å²) >= 11 is 6.17. The van der Waals surface area contributed by atoms with Crippen LogP contribution in [0.2, 0.25) is 0 Å². The molecule has 1 aromatic rings. The van der Waals surface area contributed by atoms with E-state index in [0.717, 1.165) is 13.0 Å². The highest BCUT2D eigenvalue weighted by atomic mass is 35.5. The molecule has 0 saturated carbocycles. The summed E-state index contributed by atoms with van der Waals surface area (Å²) in [5.74, 6) is 0. The normalized spacial score (nSPS) is 13.7. The molecular formula is C12H17Cl2N. The molecule has 0 bridgehead atoms. The Kier molecular flexibility index (Phi) is 7.49. The van der Waals surface area contributed by atoms with Gasteiger partial charge in [-0.05, 0) is 0 Å². The number of alkyl halides is 1. The van der Waals surface area contributed by atoms with Crippen molar-refractivity contribution in [1.29, 1.82) is 0 Å². The average Bonchev–Trinajstić information content (AvgIpc) is 2.19. The zero-order valence-corrected chi connectivity index (χ0v) is 10.4. The Hall–Kier alpha value is -0.500. The molecule has 3 heteroatoms. The second-order valence-corrected chi connectivity index (χ2v) is 4.03. The van der Waals surface area contributed by atoms with E-state index in [0.29, 0.717) is 0 Å². The Morgan fingerprint density at radius 1 is 1.40 bits per heavy atom. The minimum absolute atomic E-state index is 0. The minimum Gasteiger partial charge on any atom is -1.00 e. The van der Waals surface area contributed by atoms with E-state index in [9.17, 15) is 0 Å². The molecule has 0 spiro atoms. The van der Waals surface area contributed by atoms with Crippen LogP contribution >= 0.6 is 11.6 Å². The summed E-state index contributed by atoms with van der Waals surface area (Å²) in [5.41, 5.74) is 1.44. The molecule has 0 radical (unpaired) electrons. The third-order valence-corrected chi connectivity index (χ3v) is 2.78. The number of halogens is 2. The molecular weight excluding hydrogens is 229 g/mol. The number of hydrogen-bond donors (Lipinski definition) is 1. The van der Waals surface area contributed by atoms with Gasteiger partial charge >= 0.3 is 0 Å². The third kappa shape index (κ3) is 5.22. The van der Waals surface area contributed by atoms with Crippen molar-refractivity contribution >= 4 is 11.6 Å². The molecule has 2 atom stereocenters. The fourth-order valence-corrected chi connectivity index (χ4v) is 1.58. The van der Waals surface area contributed by atoms with E-state index in [1.165, 1.54) is 10.5 Å². The van der Waals surface area contributed by atoms with Crippen molar-refractivity contribution < 1.29 is 17.3 Å². The van der Waals surface area contributed by atoms with Gasteiger partial charge < -0.3 is 17.3 Å². The fourth-order valence-electron chi connectivity index (χ4n) is 1.38. The van der Waals surface area contributed by atoms with Crippen LogP contribution in [-0.4, -0.2) is 12.5 Å². The summed E-state index contributed by atoms with van der Waals surface area (Å²) in [7, 11) is 2.11. The first kappa shape index (κ1) is 14.5. The van der Waals surface area contributed by atoms with Crippen molar-refractivity contribution in [3.05, 3.63) is 48.6 Å². The molecule has 84 valence electrons. The molecule has 0 aliphatic heterocycles. The van der Waals surface area contributed by atoms with Crippen LogP contribution in [0.1, 0.15) is 12.0 Å². The summed E-state index contributed by atoms with van der Waals surface area (Å²) < 4.78 is 0. The largest absolute Gasteiger partial charge is 1.00 e. The Labute approximate surface area is 103 Å². The van der Waals surface area contributed by atoms with Crippen molar-refractivity contribution in [3.8, 4) is 0 Å². The summed E-state index contributed by atoms with van der Waals surface area (Å²) in [6, 6.07) is 10.4. The number of nitrogens with one attached hydrogen (secondary N) is 1. The summed E-state index contributed by atoms with van der Waals surface area (Å²) in [5, 5.41) is 0. The lowest BCUT2D eigenvalue weighted by molar-refractivity contribution is -0.905. The van der Waals surface area contributed by atoms with E-state index in [4.69, 9.17) is 11.6 Å². The quantitative estimate of drug-likeness (QED) is 0.380. The highest BCUT2D eigenvalue weighted by Crippen LogP contribution is 1.98. The predicted octanol–water partition coefficient (Wildman–Crippen LogP) is -1.15. The van der Waals surface area contributed by atoms with Crippen LogP contribution in [0.3, 0.4) is 0 Å². The SMILES string of the molecule is C=CCC(Cl)[NH+](C)Cc1ccccc1.[Cl-]. The van der Waals surface area contributed by atoms with E-state index in [1.54, 1.807) is 0 Å². The van der Waals surface area contributed by atoms with Crippen LogP contribution in [0.5, 0.6) is 0 Å². The van der Waals surface area contributed by atoms with E-state index in [1.807, 2.05) is 12.1 Å². The predicted molar refractivity (Wildman–Crippen MR) is 61.5 cm³/mol. The molecule has 15 heavy (non-hydrogen) atoms. The Balaban J connectivity index is 0.00000196. The molecule has 0 fully saturated rings. The van der Waals surface area contributed by atoms with Crippen LogP contribution in [0.25, 0.3) is 0 Å². The zero-order chi connectivity index (χ0) is 10.4.